The first-order valence-corrected chi connectivity index (χ1v) is 8.59. The Morgan fingerprint density at radius 1 is 1.05 bits per heavy atom. The number of hydrogen-bond donors (Lipinski definition) is 1. The molecule has 1 atom stereocenters. The van der Waals surface area contributed by atoms with Crippen molar-refractivity contribution >= 4 is 16.8 Å². The SMILES string of the molecule is OC(CO/N=C(\Cl)CCN1CCCC1)CN1CCCCC1. The van der Waals surface area contributed by atoms with E-state index in [-0.39, 0.29) is 6.61 Å². The van der Waals surface area contributed by atoms with Crippen LogP contribution < -0.4 is 0 Å². The van der Waals surface area contributed by atoms with Crippen molar-refractivity contribution in [3.8, 4) is 0 Å². The molecule has 1 unspecified atom stereocenters. The van der Waals surface area contributed by atoms with E-state index in [0.717, 1.165) is 26.1 Å². The molecule has 0 amide bonds. The lowest BCUT2D eigenvalue weighted by Crippen LogP contribution is -2.38. The molecule has 0 bridgehead atoms. The predicted molar refractivity (Wildman–Crippen MR) is 85.8 cm³/mol. The highest BCUT2D eigenvalue weighted by Gasteiger charge is 2.15. The molecule has 5 nitrogen and oxygen atoms in total. The largest absolute Gasteiger partial charge is 0.392 e. The van der Waals surface area contributed by atoms with Crippen molar-refractivity contribution in [1.82, 2.24) is 9.80 Å². The molecule has 2 heterocycles. The summed E-state index contributed by atoms with van der Waals surface area (Å²) in [6.07, 6.45) is 6.57. The summed E-state index contributed by atoms with van der Waals surface area (Å²) in [6, 6.07) is 0. The third-order valence-corrected chi connectivity index (χ3v) is 4.44. The van der Waals surface area contributed by atoms with E-state index < -0.39 is 6.10 Å². The number of rotatable bonds is 8. The Labute approximate surface area is 132 Å². The highest BCUT2D eigenvalue weighted by atomic mass is 35.5. The fraction of sp³-hybridized carbons (Fsp3) is 0.933. The van der Waals surface area contributed by atoms with Gasteiger partial charge in [-0.3, -0.25) is 0 Å². The molecule has 0 aromatic carbocycles. The van der Waals surface area contributed by atoms with Crippen LogP contribution in [0.2, 0.25) is 0 Å². The number of nitrogens with zero attached hydrogens (tertiary/aromatic N) is 3. The van der Waals surface area contributed by atoms with Gasteiger partial charge in [-0.15, -0.1) is 0 Å². The van der Waals surface area contributed by atoms with Crippen LogP contribution in [0.5, 0.6) is 0 Å². The summed E-state index contributed by atoms with van der Waals surface area (Å²) in [5.41, 5.74) is 0. The fourth-order valence-corrected chi connectivity index (χ4v) is 3.12. The van der Waals surface area contributed by atoms with Gasteiger partial charge in [0.05, 0.1) is 0 Å². The summed E-state index contributed by atoms with van der Waals surface area (Å²) in [6.45, 7) is 6.33. The lowest BCUT2D eigenvalue weighted by Gasteiger charge is -2.27. The zero-order valence-electron chi connectivity index (χ0n) is 12.8. The van der Waals surface area contributed by atoms with Crippen molar-refractivity contribution in [3.63, 3.8) is 0 Å². The quantitative estimate of drug-likeness (QED) is 0.548. The zero-order chi connectivity index (χ0) is 14.9. The summed E-state index contributed by atoms with van der Waals surface area (Å²) in [5.74, 6) is 0. The van der Waals surface area contributed by atoms with E-state index in [2.05, 4.69) is 15.0 Å². The van der Waals surface area contributed by atoms with Gasteiger partial charge in [-0.1, -0.05) is 23.2 Å². The molecule has 2 fully saturated rings. The Hall–Kier alpha value is -0.360. The first-order chi connectivity index (χ1) is 10.2. The van der Waals surface area contributed by atoms with Gasteiger partial charge in [-0.2, -0.15) is 0 Å². The predicted octanol–water partition coefficient (Wildman–Crippen LogP) is 1.89. The Kier molecular flexibility index (Phi) is 7.78. The van der Waals surface area contributed by atoms with Gasteiger partial charge in [0.1, 0.15) is 17.9 Å². The van der Waals surface area contributed by atoms with Gasteiger partial charge in [0.15, 0.2) is 0 Å². The van der Waals surface area contributed by atoms with E-state index in [0.29, 0.717) is 11.7 Å². The van der Waals surface area contributed by atoms with Crippen LogP contribution in [-0.4, -0.2) is 72.1 Å². The summed E-state index contributed by atoms with van der Waals surface area (Å²) < 4.78 is 0. The Balaban J connectivity index is 1.54. The summed E-state index contributed by atoms with van der Waals surface area (Å²) in [4.78, 5) is 9.85. The maximum absolute atomic E-state index is 9.93. The van der Waals surface area contributed by atoms with Gasteiger partial charge in [-0.25, -0.2) is 0 Å². The third kappa shape index (κ3) is 6.96. The maximum Gasteiger partial charge on any atom is 0.146 e. The van der Waals surface area contributed by atoms with Crippen molar-refractivity contribution in [1.29, 1.82) is 0 Å². The van der Waals surface area contributed by atoms with E-state index >= 15 is 0 Å². The van der Waals surface area contributed by atoms with Crippen LogP contribution in [-0.2, 0) is 4.84 Å². The van der Waals surface area contributed by atoms with Gasteiger partial charge < -0.3 is 19.7 Å². The van der Waals surface area contributed by atoms with E-state index in [1.165, 1.54) is 45.2 Å². The lowest BCUT2D eigenvalue weighted by atomic mass is 10.1. The van der Waals surface area contributed by atoms with Crippen LogP contribution in [0.25, 0.3) is 0 Å². The minimum absolute atomic E-state index is 0.219. The van der Waals surface area contributed by atoms with Crippen molar-refractivity contribution in [3.05, 3.63) is 0 Å². The molecular weight excluding hydrogens is 290 g/mol. The van der Waals surface area contributed by atoms with Crippen molar-refractivity contribution < 1.29 is 9.94 Å². The molecule has 0 spiro atoms. The van der Waals surface area contributed by atoms with Crippen LogP contribution in [0.1, 0.15) is 38.5 Å². The average Bonchev–Trinajstić information content (AvgIpc) is 2.99. The van der Waals surface area contributed by atoms with Crippen LogP contribution in [0.15, 0.2) is 5.16 Å². The van der Waals surface area contributed by atoms with Crippen molar-refractivity contribution in [2.24, 2.45) is 5.16 Å². The second-order valence-corrected chi connectivity index (χ2v) is 6.51. The molecule has 0 aliphatic carbocycles. The lowest BCUT2D eigenvalue weighted by molar-refractivity contribution is 0.0159. The third-order valence-electron chi connectivity index (χ3n) is 4.18. The number of hydrogen-bond acceptors (Lipinski definition) is 5. The van der Waals surface area contributed by atoms with E-state index in [1.807, 2.05) is 0 Å². The normalized spacial score (nSPS) is 23.4. The summed E-state index contributed by atoms with van der Waals surface area (Å²) >= 11 is 6.04. The number of β-amino-alcohol motifs (C(OH)–C–C–N with tert-alkyl or cyclic N) is 1. The van der Waals surface area contributed by atoms with Crippen molar-refractivity contribution in [2.75, 3.05) is 45.9 Å². The fourth-order valence-electron chi connectivity index (χ4n) is 2.99. The number of likely N-dealkylation sites (tertiary alicyclic amines) is 2. The average molecular weight is 318 g/mol. The molecule has 122 valence electrons. The summed E-state index contributed by atoms with van der Waals surface area (Å²) in [5, 5.41) is 14.3. The Morgan fingerprint density at radius 3 is 2.38 bits per heavy atom. The van der Waals surface area contributed by atoms with Crippen LogP contribution in [0.4, 0.5) is 0 Å². The van der Waals surface area contributed by atoms with E-state index in [9.17, 15) is 5.11 Å². The maximum atomic E-state index is 9.93. The first-order valence-electron chi connectivity index (χ1n) is 8.21. The van der Waals surface area contributed by atoms with E-state index in [1.54, 1.807) is 0 Å². The Bertz CT molecular complexity index is 316. The van der Waals surface area contributed by atoms with Gasteiger partial charge in [-0.05, 0) is 51.9 Å². The number of aliphatic hydroxyl groups is 1. The molecular formula is C15H28ClN3O2. The second-order valence-electron chi connectivity index (χ2n) is 6.08. The number of oxime groups is 1. The molecule has 1 N–H and O–H groups in total. The van der Waals surface area contributed by atoms with Gasteiger partial charge in [0.25, 0.3) is 0 Å². The smallest absolute Gasteiger partial charge is 0.146 e. The first kappa shape index (κ1) is 17.0. The monoisotopic (exact) mass is 317 g/mol. The molecule has 0 saturated carbocycles. The standard InChI is InChI=1S/C15H28ClN3O2/c16-15(6-11-18-7-4-5-8-18)17-21-13-14(20)12-19-9-2-1-3-10-19/h14,20H,1-13H2/b17-15-. The highest BCUT2D eigenvalue weighted by molar-refractivity contribution is 6.65. The molecule has 0 aromatic heterocycles. The second kappa shape index (κ2) is 9.62. The van der Waals surface area contributed by atoms with Gasteiger partial charge in [0, 0.05) is 19.5 Å². The number of halogens is 1. The molecule has 2 aliphatic heterocycles. The minimum atomic E-state index is -0.491. The highest BCUT2D eigenvalue weighted by Crippen LogP contribution is 2.10. The van der Waals surface area contributed by atoms with Gasteiger partial charge >= 0.3 is 0 Å². The topological polar surface area (TPSA) is 48.3 Å². The molecule has 0 radical (unpaired) electrons. The molecule has 2 aliphatic rings. The summed E-state index contributed by atoms with van der Waals surface area (Å²) in [7, 11) is 0. The zero-order valence-corrected chi connectivity index (χ0v) is 13.6. The molecule has 2 rings (SSSR count). The molecule has 2 saturated heterocycles. The molecule has 6 heteroatoms. The van der Waals surface area contributed by atoms with E-state index in [4.69, 9.17) is 16.4 Å². The van der Waals surface area contributed by atoms with Crippen LogP contribution in [0.3, 0.4) is 0 Å². The van der Waals surface area contributed by atoms with Crippen LogP contribution in [0, 0.1) is 0 Å². The Morgan fingerprint density at radius 2 is 1.67 bits per heavy atom. The van der Waals surface area contributed by atoms with Gasteiger partial charge in [0.2, 0.25) is 0 Å². The minimum Gasteiger partial charge on any atom is -0.392 e. The van der Waals surface area contributed by atoms with Crippen molar-refractivity contribution in [2.45, 2.75) is 44.6 Å². The molecule has 0 aromatic rings. The number of aliphatic hydroxyl groups excluding tert-OH is 1. The molecule has 21 heavy (non-hydrogen) atoms. The number of piperidine rings is 1. The van der Waals surface area contributed by atoms with Crippen LogP contribution >= 0.6 is 11.6 Å².